The molecule has 0 bridgehead atoms. The van der Waals surface area contributed by atoms with Gasteiger partial charge in [-0.15, -0.1) is 0 Å². The van der Waals surface area contributed by atoms with Gasteiger partial charge >= 0.3 is 0 Å². The third kappa shape index (κ3) is 2.12. The molecule has 2 atom stereocenters. The van der Waals surface area contributed by atoms with E-state index in [0.717, 1.165) is 0 Å². The Morgan fingerprint density at radius 2 is 2.21 bits per heavy atom. The first-order chi connectivity index (χ1) is 6.57. The van der Waals surface area contributed by atoms with Gasteiger partial charge in [-0.2, -0.15) is 0 Å². The van der Waals surface area contributed by atoms with E-state index in [1.54, 1.807) is 24.0 Å². The first-order valence-electron chi connectivity index (χ1n) is 4.89. The molecule has 0 aromatic carbocycles. The molecule has 1 aromatic rings. The maximum Gasteiger partial charge on any atom is 0.162 e. The lowest BCUT2D eigenvalue weighted by molar-refractivity contribution is 0.176. The number of halogens is 1. The lowest BCUT2D eigenvalue weighted by Crippen LogP contribution is -2.26. The molecule has 0 aliphatic carbocycles. The Morgan fingerprint density at radius 1 is 1.57 bits per heavy atom. The highest BCUT2D eigenvalue weighted by Crippen LogP contribution is 2.29. The summed E-state index contributed by atoms with van der Waals surface area (Å²) in [7, 11) is 1.79. The molecule has 3 nitrogen and oxygen atoms in total. The third-order valence-corrected chi connectivity index (χ3v) is 2.61. The Balaban J connectivity index is 2.83. The number of aromatic nitrogens is 2. The fraction of sp³-hybridized carbons (Fsp3) is 0.700. The zero-order valence-electron chi connectivity index (χ0n) is 8.94. The van der Waals surface area contributed by atoms with Gasteiger partial charge in [-0.05, 0) is 12.5 Å². The Bertz CT molecular complexity index is 283. The van der Waals surface area contributed by atoms with Crippen LogP contribution in [0.3, 0.4) is 0 Å². The summed E-state index contributed by atoms with van der Waals surface area (Å²) in [5.74, 6) is 0.539. The van der Waals surface area contributed by atoms with E-state index in [4.69, 9.17) is 5.73 Å². The van der Waals surface area contributed by atoms with Crippen LogP contribution in [0.1, 0.15) is 25.8 Å². The summed E-state index contributed by atoms with van der Waals surface area (Å²) < 4.78 is 15.7. The quantitative estimate of drug-likeness (QED) is 0.801. The predicted octanol–water partition coefficient (Wildman–Crippen LogP) is 1.66. The zero-order valence-corrected chi connectivity index (χ0v) is 8.94. The highest BCUT2D eigenvalue weighted by atomic mass is 19.1. The number of nitrogens with two attached hydrogens (primary N) is 1. The lowest BCUT2D eigenvalue weighted by atomic mass is 9.91. The molecule has 0 saturated carbocycles. The van der Waals surface area contributed by atoms with E-state index in [1.165, 1.54) is 0 Å². The number of rotatable bonds is 4. The minimum Gasteiger partial charge on any atom is -0.336 e. The molecule has 0 saturated heterocycles. The maximum atomic E-state index is 14.0. The summed E-state index contributed by atoms with van der Waals surface area (Å²) in [6, 6.07) is 0. The largest absolute Gasteiger partial charge is 0.336 e. The zero-order chi connectivity index (χ0) is 10.7. The molecular weight excluding hydrogens is 181 g/mol. The Kier molecular flexibility index (Phi) is 3.63. The number of hydrogen-bond donors (Lipinski definition) is 1. The predicted molar refractivity (Wildman–Crippen MR) is 54.4 cm³/mol. The van der Waals surface area contributed by atoms with Crippen molar-refractivity contribution in [3.8, 4) is 0 Å². The first kappa shape index (κ1) is 11.2. The first-order valence-corrected chi connectivity index (χ1v) is 4.89. The van der Waals surface area contributed by atoms with Gasteiger partial charge in [0.2, 0.25) is 0 Å². The molecule has 4 heteroatoms. The molecule has 1 heterocycles. The number of alkyl halides is 1. The van der Waals surface area contributed by atoms with E-state index in [1.807, 2.05) is 13.8 Å². The monoisotopic (exact) mass is 199 g/mol. The summed E-state index contributed by atoms with van der Waals surface area (Å²) >= 11 is 0. The molecule has 2 unspecified atom stereocenters. The van der Waals surface area contributed by atoms with Crippen LogP contribution >= 0.6 is 0 Å². The molecule has 1 aromatic heterocycles. The SMILES string of the molecule is CC(C)C(CN)C(F)c1nccn1C. The maximum absolute atomic E-state index is 14.0. The average Bonchev–Trinajstić information content (AvgIpc) is 2.51. The van der Waals surface area contributed by atoms with Gasteiger partial charge in [0.1, 0.15) is 5.82 Å². The molecule has 2 N–H and O–H groups in total. The number of nitrogens with zero attached hydrogens (tertiary/aromatic N) is 2. The average molecular weight is 199 g/mol. The topological polar surface area (TPSA) is 43.8 Å². The van der Waals surface area contributed by atoms with Crippen molar-refractivity contribution >= 4 is 0 Å². The van der Waals surface area contributed by atoms with Crippen LogP contribution in [0.15, 0.2) is 12.4 Å². The van der Waals surface area contributed by atoms with E-state index in [0.29, 0.717) is 12.4 Å². The van der Waals surface area contributed by atoms with Crippen molar-refractivity contribution in [2.24, 2.45) is 24.6 Å². The van der Waals surface area contributed by atoms with Gasteiger partial charge in [-0.1, -0.05) is 13.8 Å². The molecule has 14 heavy (non-hydrogen) atoms. The normalized spacial score (nSPS) is 15.9. The highest BCUT2D eigenvalue weighted by molar-refractivity contribution is 4.98. The summed E-state index contributed by atoms with van der Waals surface area (Å²) in [6.07, 6.45) is 2.28. The fourth-order valence-corrected chi connectivity index (χ4v) is 1.56. The fourth-order valence-electron chi connectivity index (χ4n) is 1.56. The van der Waals surface area contributed by atoms with Crippen molar-refractivity contribution in [3.63, 3.8) is 0 Å². The van der Waals surface area contributed by atoms with Gasteiger partial charge in [0.05, 0.1) is 0 Å². The Labute approximate surface area is 84.1 Å². The van der Waals surface area contributed by atoms with E-state index < -0.39 is 6.17 Å². The van der Waals surface area contributed by atoms with Crippen LogP contribution in [-0.2, 0) is 7.05 Å². The summed E-state index contributed by atoms with van der Waals surface area (Å²) in [5.41, 5.74) is 5.55. The second kappa shape index (κ2) is 4.55. The van der Waals surface area contributed by atoms with Crippen molar-refractivity contribution < 1.29 is 4.39 Å². The van der Waals surface area contributed by atoms with Crippen molar-refractivity contribution in [2.75, 3.05) is 6.54 Å². The summed E-state index contributed by atoms with van der Waals surface area (Å²) in [6.45, 7) is 4.31. The van der Waals surface area contributed by atoms with Crippen LogP contribution in [0.2, 0.25) is 0 Å². The van der Waals surface area contributed by atoms with Crippen LogP contribution in [0.4, 0.5) is 4.39 Å². The van der Waals surface area contributed by atoms with E-state index in [2.05, 4.69) is 4.98 Å². The Morgan fingerprint density at radius 3 is 2.57 bits per heavy atom. The van der Waals surface area contributed by atoms with Crippen LogP contribution in [0.25, 0.3) is 0 Å². The number of aryl methyl sites for hydroxylation is 1. The number of hydrogen-bond acceptors (Lipinski definition) is 2. The van der Waals surface area contributed by atoms with Gasteiger partial charge in [-0.3, -0.25) is 0 Å². The molecule has 0 aliphatic rings. The minimum absolute atomic E-state index is 0.156. The van der Waals surface area contributed by atoms with Crippen molar-refractivity contribution in [3.05, 3.63) is 18.2 Å². The lowest BCUT2D eigenvalue weighted by Gasteiger charge is -2.22. The van der Waals surface area contributed by atoms with Gasteiger partial charge in [0, 0.05) is 25.4 Å². The second-order valence-corrected chi connectivity index (χ2v) is 3.94. The van der Waals surface area contributed by atoms with Gasteiger partial charge in [-0.25, -0.2) is 9.37 Å². The van der Waals surface area contributed by atoms with Crippen LogP contribution in [-0.4, -0.2) is 16.1 Å². The van der Waals surface area contributed by atoms with Crippen LogP contribution < -0.4 is 5.73 Å². The second-order valence-electron chi connectivity index (χ2n) is 3.94. The molecule has 0 amide bonds. The molecule has 1 rings (SSSR count). The van der Waals surface area contributed by atoms with Gasteiger partial charge in [0.25, 0.3) is 0 Å². The number of imidazole rings is 1. The van der Waals surface area contributed by atoms with Crippen LogP contribution in [0.5, 0.6) is 0 Å². The van der Waals surface area contributed by atoms with Crippen molar-refractivity contribution in [1.82, 2.24) is 9.55 Å². The van der Waals surface area contributed by atoms with Gasteiger partial charge in [0.15, 0.2) is 6.17 Å². The van der Waals surface area contributed by atoms with E-state index in [-0.39, 0.29) is 11.8 Å². The molecule has 0 aliphatic heterocycles. The van der Waals surface area contributed by atoms with Crippen molar-refractivity contribution in [2.45, 2.75) is 20.0 Å². The summed E-state index contributed by atoms with van der Waals surface area (Å²) in [5, 5.41) is 0. The molecule has 0 spiro atoms. The molecule has 0 radical (unpaired) electrons. The third-order valence-electron chi connectivity index (χ3n) is 2.61. The highest BCUT2D eigenvalue weighted by Gasteiger charge is 2.27. The standard InChI is InChI=1S/C10H18FN3/c1-7(2)8(6-12)9(11)10-13-4-5-14(10)3/h4-5,7-9H,6,12H2,1-3H3. The molecule has 0 fully saturated rings. The van der Waals surface area contributed by atoms with Crippen LogP contribution in [0, 0.1) is 11.8 Å². The van der Waals surface area contributed by atoms with E-state index in [9.17, 15) is 4.39 Å². The van der Waals surface area contributed by atoms with Crippen molar-refractivity contribution in [1.29, 1.82) is 0 Å². The Hall–Kier alpha value is -0.900. The molecular formula is C10H18FN3. The van der Waals surface area contributed by atoms with E-state index >= 15 is 0 Å². The minimum atomic E-state index is -1.07. The summed E-state index contributed by atoms with van der Waals surface area (Å²) in [4.78, 5) is 4.00. The molecule has 80 valence electrons. The van der Waals surface area contributed by atoms with Gasteiger partial charge < -0.3 is 10.3 Å². The smallest absolute Gasteiger partial charge is 0.162 e.